The van der Waals surface area contributed by atoms with Gasteiger partial charge in [-0.2, -0.15) is 0 Å². The molecule has 3 nitrogen and oxygen atoms in total. The first-order valence-electron chi connectivity index (χ1n) is 26.7. The molecule has 2 aliphatic rings. The second kappa shape index (κ2) is 15.9. The van der Waals surface area contributed by atoms with E-state index in [4.69, 9.17) is 4.98 Å². The molecule has 0 saturated carbocycles. The minimum Gasteiger partial charge on any atom is -0.308 e. The highest BCUT2D eigenvalue weighted by atomic mass is 32.1. The predicted molar refractivity (Wildman–Crippen MR) is 334 cm³/mol. The van der Waals surface area contributed by atoms with E-state index in [2.05, 4.69) is 246 Å². The van der Waals surface area contributed by atoms with E-state index >= 15 is 0 Å². The van der Waals surface area contributed by atoms with Gasteiger partial charge in [-0.1, -0.05) is 194 Å². The second-order valence-corrected chi connectivity index (χ2v) is 22.9. The molecule has 17 aromatic rings. The van der Waals surface area contributed by atoms with E-state index in [1.807, 2.05) is 34.9 Å². The highest BCUT2D eigenvalue weighted by Crippen LogP contribution is 2.56. The van der Waals surface area contributed by atoms with Gasteiger partial charge in [0.25, 0.3) is 0 Å². The number of aromatic nitrogens is 3. The lowest BCUT2D eigenvalue weighted by Crippen LogP contribution is -1.97. The minimum absolute atomic E-state index is 0.955. The summed E-state index contributed by atoms with van der Waals surface area (Å²) in [6, 6.07) is 88.9. The van der Waals surface area contributed by atoms with Crippen molar-refractivity contribution in [3.63, 3.8) is 0 Å². The molecular formula is C73H41N3S2. The number of thiophene rings is 2. The lowest BCUT2D eigenvalue weighted by atomic mass is 9.93. The van der Waals surface area contributed by atoms with Crippen LogP contribution in [-0.4, -0.2) is 14.1 Å². The fourth-order valence-electron chi connectivity index (χ4n) is 13.9. The molecule has 0 aliphatic heterocycles. The summed E-state index contributed by atoms with van der Waals surface area (Å²) in [6.45, 7) is 0. The first kappa shape index (κ1) is 42.6. The molecule has 19 rings (SSSR count). The Morgan fingerprint density at radius 1 is 0.282 bits per heavy atom. The standard InChI is InChI=1S/C40H23NS.C33H18N2S/c1-2-11-24(12-3-1)25-13-8-14-26(23-25)41-33-21-10-19-30-28-16-5-4-15-27(28)29-18-9-20-32-35(29)38(36(30)33)39(41)37-31-17-6-7-22-34(31)42-40(32)37;1-2-10-20-19(9-1)21-12-7-14-24-28(21)31-29-22(20)13-8-15-25(29)35(27-17-5-6-18-34-27)32(31)30-23-11-3-4-16-26(23)36-33(24)30/h1-23H;1-18H. The van der Waals surface area contributed by atoms with Crippen molar-refractivity contribution in [3.05, 3.63) is 249 Å². The number of rotatable bonds is 3. The summed E-state index contributed by atoms with van der Waals surface area (Å²) in [5.41, 5.74) is 19.1. The van der Waals surface area contributed by atoms with Gasteiger partial charge < -0.3 is 4.57 Å². The Hall–Kier alpha value is -9.65. The van der Waals surface area contributed by atoms with Gasteiger partial charge in [0.05, 0.1) is 22.1 Å². The Morgan fingerprint density at radius 3 is 1.26 bits per heavy atom. The summed E-state index contributed by atoms with van der Waals surface area (Å²) >= 11 is 3.83. The molecule has 0 N–H and O–H groups in total. The summed E-state index contributed by atoms with van der Waals surface area (Å²) in [5, 5.41) is 16.1. The van der Waals surface area contributed by atoms with Gasteiger partial charge in [-0.3, -0.25) is 4.57 Å². The molecule has 2 aliphatic carbocycles. The molecule has 0 amide bonds. The first-order chi connectivity index (χ1) is 38.8. The molecule has 0 radical (unpaired) electrons. The normalized spacial score (nSPS) is 12.4. The molecule has 5 heterocycles. The van der Waals surface area contributed by atoms with Crippen molar-refractivity contribution >= 4 is 128 Å². The van der Waals surface area contributed by atoms with Gasteiger partial charge in [-0.25, -0.2) is 4.98 Å². The van der Waals surface area contributed by atoms with Gasteiger partial charge in [0.1, 0.15) is 5.82 Å². The molecule has 0 unspecified atom stereocenters. The van der Waals surface area contributed by atoms with Crippen LogP contribution in [0.4, 0.5) is 0 Å². The fourth-order valence-corrected chi connectivity index (χ4v) is 16.3. The van der Waals surface area contributed by atoms with Gasteiger partial charge in [-0.15, -0.1) is 22.7 Å². The Morgan fingerprint density at radius 2 is 0.705 bits per heavy atom. The maximum atomic E-state index is 4.85. The van der Waals surface area contributed by atoms with E-state index < -0.39 is 0 Å². The molecule has 0 bridgehead atoms. The fraction of sp³-hybridized carbons (Fsp3) is 0. The Balaban J connectivity index is 0.000000123. The summed E-state index contributed by atoms with van der Waals surface area (Å²) in [5.74, 6) is 0.955. The van der Waals surface area contributed by atoms with E-state index in [1.165, 1.54) is 167 Å². The monoisotopic (exact) mass is 1020 g/mol. The lowest BCUT2D eigenvalue weighted by Gasteiger charge is -2.15. The van der Waals surface area contributed by atoms with Gasteiger partial charge in [0.15, 0.2) is 0 Å². The topological polar surface area (TPSA) is 22.8 Å². The van der Waals surface area contributed by atoms with Crippen molar-refractivity contribution in [2.24, 2.45) is 0 Å². The summed E-state index contributed by atoms with van der Waals surface area (Å²) < 4.78 is 10.3. The third kappa shape index (κ3) is 5.63. The number of nitrogens with zero attached hydrogens (tertiary/aromatic N) is 3. The molecule has 0 fully saturated rings. The lowest BCUT2D eigenvalue weighted by molar-refractivity contribution is 1.08. The smallest absolute Gasteiger partial charge is 0.137 e. The van der Waals surface area contributed by atoms with Gasteiger partial charge in [0.2, 0.25) is 0 Å². The largest absolute Gasteiger partial charge is 0.308 e. The average molecular weight is 1020 g/mol. The van der Waals surface area contributed by atoms with E-state index in [9.17, 15) is 0 Å². The molecule has 0 saturated heterocycles. The summed E-state index contributed by atoms with van der Waals surface area (Å²) in [6.07, 6.45) is 1.90. The molecule has 12 aromatic carbocycles. The SMILES string of the molecule is c1ccc(-c2cccc(-n3c4cccc5c4c4c6c(cccc6c6sc7ccccc7c6c43)-c3ccccc3-5)c2)cc1.c1ccc(-n2c3cccc4c3c3c5c(cccc5c5sc6ccccc6c5c32)-c2ccccc2-4)nc1. The van der Waals surface area contributed by atoms with Crippen LogP contribution < -0.4 is 0 Å². The third-order valence-corrected chi connectivity index (χ3v) is 19.3. The van der Waals surface area contributed by atoms with Crippen LogP contribution in [0.1, 0.15) is 0 Å². The third-order valence-electron chi connectivity index (χ3n) is 16.9. The summed E-state index contributed by atoms with van der Waals surface area (Å²) in [7, 11) is 0. The Bertz CT molecular complexity index is 5440. The number of hydrogen-bond donors (Lipinski definition) is 0. The van der Waals surface area contributed by atoms with Gasteiger partial charge in [0, 0.05) is 95.3 Å². The van der Waals surface area contributed by atoms with E-state index in [0.29, 0.717) is 0 Å². The second-order valence-electron chi connectivity index (χ2n) is 20.8. The van der Waals surface area contributed by atoms with E-state index in [0.717, 1.165) is 5.82 Å². The van der Waals surface area contributed by atoms with Crippen molar-refractivity contribution in [2.75, 3.05) is 0 Å². The van der Waals surface area contributed by atoms with Crippen molar-refractivity contribution in [1.29, 1.82) is 0 Å². The van der Waals surface area contributed by atoms with Crippen LogP contribution in [-0.2, 0) is 0 Å². The van der Waals surface area contributed by atoms with Crippen molar-refractivity contribution in [3.8, 4) is 67.1 Å². The first-order valence-corrected chi connectivity index (χ1v) is 28.3. The Kier molecular flexibility index (Phi) is 8.70. The zero-order valence-corrected chi connectivity index (χ0v) is 43.5. The molecule has 5 aromatic heterocycles. The Labute approximate surface area is 455 Å². The maximum Gasteiger partial charge on any atom is 0.137 e. The molecule has 0 atom stereocenters. The van der Waals surface area contributed by atoms with Gasteiger partial charge in [-0.05, 0) is 104 Å². The van der Waals surface area contributed by atoms with Crippen molar-refractivity contribution < 1.29 is 0 Å². The van der Waals surface area contributed by atoms with Crippen LogP contribution in [0, 0.1) is 0 Å². The maximum absolute atomic E-state index is 4.85. The molecule has 360 valence electrons. The quantitative estimate of drug-likeness (QED) is 0.173. The van der Waals surface area contributed by atoms with E-state index in [1.54, 1.807) is 0 Å². The van der Waals surface area contributed by atoms with Crippen molar-refractivity contribution in [1.82, 2.24) is 14.1 Å². The zero-order valence-electron chi connectivity index (χ0n) is 41.8. The number of hydrogen-bond acceptors (Lipinski definition) is 3. The number of fused-ring (bicyclic) bond motifs is 16. The zero-order chi connectivity index (χ0) is 50.7. The number of pyridine rings is 1. The van der Waals surface area contributed by atoms with Crippen LogP contribution in [0.5, 0.6) is 0 Å². The van der Waals surface area contributed by atoms with Crippen LogP contribution in [0.3, 0.4) is 0 Å². The average Bonchev–Trinajstić information content (AvgIpc) is 3.44. The molecule has 5 heteroatoms. The predicted octanol–water partition coefficient (Wildman–Crippen LogP) is 21.0. The van der Waals surface area contributed by atoms with Crippen LogP contribution in [0.25, 0.3) is 173 Å². The summed E-state index contributed by atoms with van der Waals surface area (Å²) in [4.78, 5) is 4.85. The van der Waals surface area contributed by atoms with E-state index in [-0.39, 0.29) is 0 Å². The molecule has 0 spiro atoms. The van der Waals surface area contributed by atoms with Crippen LogP contribution >= 0.6 is 22.7 Å². The highest BCUT2D eigenvalue weighted by Gasteiger charge is 2.30. The van der Waals surface area contributed by atoms with Gasteiger partial charge >= 0.3 is 0 Å². The minimum atomic E-state index is 0.955. The molecular weight excluding hydrogens is 983 g/mol. The van der Waals surface area contributed by atoms with Crippen molar-refractivity contribution in [2.45, 2.75) is 0 Å². The van der Waals surface area contributed by atoms with Crippen LogP contribution in [0.15, 0.2) is 249 Å². The highest BCUT2D eigenvalue weighted by molar-refractivity contribution is 7.27. The molecule has 78 heavy (non-hydrogen) atoms. The van der Waals surface area contributed by atoms with Crippen LogP contribution in [0.2, 0.25) is 0 Å². The number of benzene rings is 12.